The molecule has 4 heterocycles. The monoisotopic (exact) mass is 526 g/mol. The minimum Gasteiger partial charge on any atom is -0.383 e. The lowest BCUT2D eigenvalue weighted by Crippen LogP contribution is -2.26. The Labute approximate surface area is 215 Å². The summed E-state index contributed by atoms with van der Waals surface area (Å²) in [6.07, 6.45) is 5.95. The van der Waals surface area contributed by atoms with Gasteiger partial charge in [-0.3, -0.25) is 9.48 Å². The number of carbonyl (C=O) groups is 1. The Morgan fingerprint density at radius 2 is 2.03 bits per heavy atom. The van der Waals surface area contributed by atoms with Crippen LogP contribution in [0.4, 0.5) is 24.9 Å². The largest absolute Gasteiger partial charge is 0.383 e. The molecular weight excluding hydrogens is 501 g/mol. The summed E-state index contributed by atoms with van der Waals surface area (Å²) in [6, 6.07) is 4.64. The van der Waals surface area contributed by atoms with E-state index in [1.54, 1.807) is 30.7 Å². The molecule has 198 valence electrons. The van der Waals surface area contributed by atoms with Crippen molar-refractivity contribution in [3.63, 3.8) is 0 Å². The molecule has 5 rings (SSSR count). The highest BCUT2D eigenvalue weighted by Crippen LogP contribution is 2.29. The number of nitrogens with one attached hydrogen (secondary N) is 1. The number of fused-ring (bicyclic) bond motifs is 1. The molecule has 38 heavy (non-hydrogen) atoms. The Bertz CT molecular complexity index is 1480. The van der Waals surface area contributed by atoms with Crippen LogP contribution in [0.25, 0.3) is 10.8 Å². The SMILES string of the molecule is COCc1nn(Cc2cnc(N3CCC(F)(F)C3)nc2)cc1C(=O)NCc1cc2ccnc(N)c2cc1F. The highest BCUT2D eigenvalue weighted by Gasteiger charge is 2.39. The molecule has 0 unspecified atom stereocenters. The Kier molecular flexibility index (Phi) is 6.85. The zero-order chi connectivity index (χ0) is 26.9. The summed E-state index contributed by atoms with van der Waals surface area (Å²) in [5.41, 5.74) is 7.46. The van der Waals surface area contributed by atoms with Crippen LogP contribution in [-0.4, -0.2) is 56.8 Å². The maximum absolute atomic E-state index is 14.6. The Balaban J connectivity index is 1.28. The van der Waals surface area contributed by atoms with Crippen molar-refractivity contribution in [1.82, 2.24) is 30.0 Å². The first kappa shape index (κ1) is 25.4. The van der Waals surface area contributed by atoms with Crippen LogP contribution in [0.15, 0.2) is 43.0 Å². The molecule has 1 aromatic carbocycles. The van der Waals surface area contributed by atoms with E-state index < -0.39 is 24.2 Å². The number of hydrogen-bond acceptors (Lipinski definition) is 8. The van der Waals surface area contributed by atoms with Crippen LogP contribution in [0.1, 0.15) is 33.6 Å². The fraction of sp³-hybridized carbons (Fsp3) is 0.320. The van der Waals surface area contributed by atoms with Crippen LogP contribution in [0.5, 0.6) is 0 Å². The van der Waals surface area contributed by atoms with E-state index in [0.717, 1.165) is 0 Å². The quantitative estimate of drug-likeness (QED) is 0.359. The molecule has 1 fully saturated rings. The zero-order valence-corrected chi connectivity index (χ0v) is 20.5. The van der Waals surface area contributed by atoms with Crippen molar-refractivity contribution >= 4 is 28.4 Å². The minimum absolute atomic E-state index is 0.0503. The average Bonchev–Trinajstić information content (AvgIpc) is 3.46. The highest BCUT2D eigenvalue weighted by atomic mass is 19.3. The number of rotatable bonds is 8. The third-order valence-corrected chi connectivity index (χ3v) is 6.25. The number of benzene rings is 1. The van der Waals surface area contributed by atoms with E-state index in [0.29, 0.717) is 27.6 Å². The van der Waals surface area contributed by atoms with E-state index in [9.17, 15) is 18.0 Å². The van der Waals surface area contributed by atoms with E-state index in [1.165, 1.54) is 29.0 Å². The lowest BCUT2D eigenvalue weighted by atomic mass is 10.1. The predicted molar refractivity (Wildman–Crippen MR) is 133 cm³/mol. The molecule has 13 heteroatoms. The summed E-state index contributed by atoms with van der Waals surface area (Å²) < 4.78 is 48.3. The zero-order valence-electron chi connectivity index (χ0n) is 20.5. The average molecular weight is 527 g/mol. The standard InChI is InChI=1S/C25H25F3N8O2/c1-38-13-21-19(23(37)31-10-17-6-16-2-4-30-22(29)18(16)7-20(17)26)12-36(34-21)11-15-8-32-24(33-9-15)35-5-3-25(27,28)14-35/h2,4,6-9,12H,3,5,10-11,13-14H2,1H3,(H2,29,30)(H,31,37). The molecule has 0 radical (unpaired) electrons. The second-order valence-electron chi connectivity index (χ2n) is 9.08. The molecule has 1 aliphatic rings. The van der Waals surface area contributed by atoms with Gasteiger partial charge >= 0.3 is 0 Å². The summed E-state index contributed by atoms with van der Waals surface area (Å²) in [6.45, 7) is 0.0723. The summed E-state index contributed by atoms with van der Waals surface area (Å²) in [4.78, 5) is 26.8. The van der Waals surface area contributed by atoms with E-state index in [2.05, 4.69) is 25.4 Å². The first-order valence-electron chi connectivity index (χ1n) is 11.8. The summed E-state index contributed by atoms with van der Waals surface area (Å²) >= 11 is 0. The fourth-order valence-electron chi connectivity index (χ4n) is 4.33. The third kappa shape index (κ3) is 5.37. The van der Waals surface area contributed by atoms with Crippen LogP contribution in [0.3, 0.4) is 0 Å². The van der Waals surface area contributed by atoms with Crippen LogP contribution in [0.2, 0.25) is 0 Å². The number of aromatic nitrogens is 5. The molecule has 4 aromatic rings. The van der Waals surface area contributed by atoms with Crippen molar-refractivity contribution in [3.05, 3.63) is 71.2 Å². The molecule has 0 atom stereocenters. The van der Waals surface area contributed by atoms with Crippen LogP contribution in [-0.2, 0) is 24.4 Å². The highest BCUT2D eigenvalue weighted by molar-refractivity contribution is 5.95. The van der Waals surface area contributed by atoms with Gasteiger partial charge in [-0.1, -0.05) is 0 Å². The number of hydrogen-bond donors (Lipinski definition) is 2. The van der Waals surface area contributed by atoms with Gasteiger partial charge in [0.05, 0.1) is 25.3 Å². The van der Waals surface area contributed by atoms with Gasteiger partial charge in [0.2, 0.25) is 5.95 Å². The number of alkyl halides is 2. The number of pyridine rings is 1. The van der Waals surface area contributed by atoms with Gasteiger partial charge in [0.25, 0.3) is 11.8 Å². The van der Waals surface area contributed by atoms with Gasteiger partial charge in [0.15, 0.2) is 0 Å². The second kappa shape index (κ2) is 10.2. The number of nitrogens with zero attached hydrogens (tertiary/aromatic N) is 6. The Morgan fingerprint density at radius 1 is 1.24 bits per heavy atom. The van der Waals surface area contributed by atoms with Gasteiger partial charge in [-0.15, -0.1) is 0 Å². The molecule has 3 N–H and O–H groups in total. The normalized spacial score (nSPS) is 14.8. The molecule has 1 saturated heterocycles. The lowest BCUT2D eigenvalue weighted by molar-refractivity contribution is 0.0256. The maximum atomic E-state index is 14.6. The first-order valence-corrected chi connectivity index (χ1v) is 11.8. The summed E-state index contributed by atoms with van der Waals surface area (Å²) in [5, 5.41) is 8.37. The van der Waals surface area contributed by atoms with Gasteiger partial charge in [-0.25, -0.2) is 28.1 Å². The van der Waals surface area contributed by atoms with Crippen molar-refractivity contribution < 1.29 is 22.7 Å². The first-order chi connectivity index (χ1) is 18.2. The minimum atomic E-state index is -2.74. The molecule has 1 aliphatic heterocycles. The van der Waals surface area contributed by atoms with Crippen molar-refractivity contribution in [1.29, 1.82) is 0 Å². The Hall–Kier alpha value is -4.26. The number of methoxy groups -OCH3 is 1. The number of anilines is 2. The second-order valence-corrected chi connectivity index (χ2v) is 9.08. The van der Waals surface area contributed by atoms with Crippen molar-refractivity contribution in [3.8, 4) is 0 Å². The van der Waals surface area contributed by atoms with Gasteiger partial charge in [-0.2, -0.15) is 5.10 Å². The van der Waals surface area contributed by atoms with Gasteiger partial charge in [-0.05, 0) is 23.6 Å². The van der Waals surface area contributed by atoms with Gasteiger partial charge in [0, 0.05) is 67.9 Å². The van der Waals surface area contributed by atoms with Crippen molar-refractivity contribution in [2.45, 2.75) is 32.0 Å². The smallest absolute Gasteiger partial charge is 0.267 e. The van der Waals surface area contributed by atoms with E-state index in [4.69, 9.17) is 10.5 Å². The number of carbonyl (C=O) groups excluding carboxylic acids is 1. The Morgan fingerprint density at radius 3 is 2.74 bits per heavy atom. The van der Waals surface area contributed by atoms with Crippen LogP contribution >= 0.6 is 0 Å². The van der Waals surface area contributed by atoms with Gasteiger partial charge in [0.1, 0.15) is 17.3 Å². The van der Waals surface area contributed by atoms with Crippen molar-refractivity contribution in [2.75, 3.05) is 30.8 Å². The molecule has 0 spiro atoms. The van der Waals surface area contributed by atoms with Crippen LogP contribution in [0, 0.1) is 5.82 Å². The molecule has 0 bridgehead atoms. The maximum Gasteiger partial charge on any atom is 0.267 e. The molecule has 1 amide bonds. The summed E-state index contributed by atoms with van der Waals surface area (Å²) in [7, 11) is 1.49. The van der Waals surface area contributed by atoms with Crippen molar-refractivity contribution in [2.24, 2.45) is 0 Å². The van der Waals surface area contributed by atoms with Crippen LogP contribution < -0.4 is 16.0 Å². The fourth-order valence-corrected chi connectivity index (χ4v) is 4.33. The van der Waals surface area contributed by atoms with E-state index in [-0.39, 0.29) is 50.0 Å². The molecule has 3 aromatic heterocycles. The number of nitrogen functional groups attached to an aromatic ring is 1. The summed E-state index contributed by atoms with van der Waals surface area (Å²) in [5.74, 6) is -3.22. The molecule has 0 aliphatic carbocycles. The van der Waals surface area contributed by atoms with E-state index in [1.807, 2.05) is 0 Å². The topological polar surface area (TPSA) is 124 Å². The number of halogens is 3. The van der Waals surface area contributed by atoms with E-state index >= 15 is 0 Å². The lowest BCUT2D eigenvalue weighted by Gasteiger charge is -2.15. The predicted octanol–water partition coefficient (Wildman–Crippen LogP) is 2.91. The molecule has 10 nitrogen and oxygen atoms in total. The van der Waals surface area contributed by atoms with Gasteiger partial charge < -0.3 is 20.7 Å². The number of ether oxygens (including phenoxy) is 1. The molecular formula is C25H25F3N8O2. The molecule has 0 saturated carbocycles. The number of nitrogens with two attached hydrogens (primary N) is 1. The number of amides is 1. The third-order valence-electron chi connectivity index (χ3n) is 6.25.